The second-order valence-corrected chi connectivity index (χ2v) is 4.27. The number of nitrogens with one attached hydrogen (secondary N) is 1. The Morgan fingerprint density at radius 1 is 1.45 bits per heavy atom. The molecule has 0 aliphatic carbocycles. The van der Waals surface area contributed by atoms with Crippen LogP contribution < -0.4 is 15.8 Å². The molecular weight excluding hydrogens is 258 g/mol. The highest BCUT2D eigenvalue weighted by Crippen LogP contribution is 2.17. The van der Waals surface area contributed by atoms with Crippen LogP contribution in [0.4, 0.5) is 5.69 Å². The number of aromatic nitrogens is 3. The average molecular weight is 275 g/mol. The number of amides is 1. The van der Waals surface area contributed by atoms with Crippen LogP contribution in [0.2, 0.25) is 0 Å². The van der Waals surface area contributed by atoms with Crippen molar-refractivity contribution in [1.29, 1.82) is 0 Å². The third-order valence-corrected chi connectivity index (χ3v) is 2.96. The van der Waals surface area contributed by atoms with Crippen LogP contribution in [0.3, 0.4) is 0 Å². The van der Waals surface area contributed by atoms with E-state index in [0.717, 1.165) is 5.75 Å². The van der Waals surface area contributed by atoms with E-state index in [2.05, 4.69) is 15.6 Å². The van der Waals surface area contributed by atoms with E-state index in [1.54, 1.807) is 44.5 Å². The molecule has 3 N–H and O–H groups in total. The summed E-state index contributed by atoms with van der Waals surface area (Å²) in [6, 6.07) is 6.61. The largest absolute Gasteiger partial charge is 0.497 e. The normalized spacial score (nSPS) is 11.9. The fraction of sp³-hybridized carbons (Fsp3) is 0.308. The van der Waals surface area contributed by atoms with Crippen molar-refractivity contribution in [3.8, 4) is 5.75 Å². The lowest BCUT2D eigenvalue weighted by atomic mass is 10.2. The Morgan fingerprint density at radius 2 is 2.15 bits per heavy atom. The molecule has 2 rings (SSSR count). The summed E-state index contributed by atoms with van der Waals surface area (Å²) in [5, 5.41) is 10.5. The van der Waals surface area contributed by atoms with Gasteiger partial charge in [-0.05, 0) is 31.2 Å². The molecule has 0 spiro atoms. The van der Waals surface area contributed by atoms with Gasteiger partial charge in [-0.15, -0.1) is 5.10 Å². The SMILES string of the molecule is COc1ccc(NC(=O)C(C)n2nncc2CN)cc1. The van der Waals surface area contributed by atoms with Gasteiger partial charge in [0.1, 0.15) is 11.8 Å². The van der Waals surface area contributed by atoms with E-state index in [9.17, 15) is 4.79 Å². The molecule has 0 aliphatic rings. The molecule has 1 unspecified atom stereocenters. The summed E-state index contributed by atoms with van der Waals surface area (Å²) in [6.07, 6.45) is 1.55. The van der Waals surface area contributed by atoms with Crippen LogP contribution in [0.25, 0.3) is 0 Å². The van der Waals surface area contributed by atoms with Gasteiger partial charge in [-0.2, -0.15) is 0 Å². The van der Waals surface area contributed by atoms with Gasteiger partial charge in [0, 0.05) is 12.2 Å². The Labute approximate surface area is 116 Å². The maximum atomic E-state index is 12.2. The summed E-state index contributed by atoms with van der Waals surface area (Å²) >= 11 is 0. The molecular formula is C13H17N5O2. The molecule has 1 amide bonds. The highest BCUT2D eigenvalue weighted by Gasteiger charge is 2.18. The monoisotopic (exact) mass is 275 g/mol. The lowest BCUT2D eigenvalue weighted by molar-refractivity contribution is -0.119. The van der Waals surface area contributed by atoms with Crippen molar-refractivity contribution < 1.29 is 9.53 Å². The predicted molar refractivity (Wildman–Crippen MR) is 74.2 cm³/mol. The summed E-state index contributed by atoms with van der Waals surface area (Å²) < 4.78 is 6.57. The number of anilines is 1. The van der Waals surface area contributed by atoms with Crippen molar-refractivity contribution in [1.82, 2.24) is 15.0 Å². The third-order valence-electron chi connectivity index (χ3n) is 2.96. The fourth-order valence-corrected chi connectivity index (χ4v) is 1.77. The van der Waals surface area contributed by atoms with E-state index in [1.807, 2.05) is 0 Å². The van der Waals surface area contributed by atoms with Gasteiger partial charge in [0.2, 0.25) is 5.91 Å². The van der Waals surface area contributed by atoms with Crippen molar-refractivity contribution in [3.05, 3.63) is 36.2 Å². The maximum Gasteiger partial charge on any atom is 0.249 e. The molecule has 0 bridgehead atoms. The fourth-order valence-electron chi connectivity index (χ4n) is 1.77. The van der Waals surface area contributed by atoms with E-state index in [1.165, 1.54) is 4.68 Å². The first kappa shape index (κ1) is 14.0. The lowest BCUT2D eigenvalue weighted by Gasteiger charge is -2.14. The van der Waals surface area contributed by atoms with Crippen LogP contribution in [0.15, 0.2) is 30.5 Å². The Balaban J connectivity index is 2.07. The molecule has 1 atom stereocenters. The van der Waals surface area contributed by atoms with Gasteiger partial charge in [0.15, 0.2) is 0 Å². The summed E-state index contributed by atoms with van der Waals surface area (Å²) in [7, 11) is 1.59. The molecule has 1 aromatic carbocycles. The lowest BCUT2D eigenvalue weighted by Crippen LogP contribution is -2.26. The minimum atomic E-state index is -0.488. The van der Waals surface area contributed by atoms with Crippen LogP contribution >= 0.6 is 0 Å². The second-order valence-electron chi connectivity index (χ2n) is 4.27. The summed E-state index contributed by atoms with van der Waals surface area (Å²) in [6.45, 7) is 2.03. The van der Waals surface area contributed by atoms with Crippen LogP contribution in [-0.2, 0) is 11.3 Å². The Bertz CT molecular complexity index is 579. The standard InChI is InChI=1S/C13H17N5O2/c1-9(18-11(7-14)8-15-17-18)13(19)16-10-3-5-12(20-2)6-4-10/h3-6,8-9H,7,14H2,1-2H3,(H,16,19). The summed E-state index contributed by atoms with van der Waals surface area (Å²) in [5.74, 6) is 0.549. The first-order valence-corrected chi connectivity index (χ1v) is 6.19. The molecule has 1 heterocycles. The van der Waals surface area contributed by atoms with Crippen molar-refractivity contribution in [2.45, 2.75) is 19.5 Å². The number of methoxy groups -OCH3 is 1. The van der Waals surface area contributed by atoms with Crippen molar-refractivity contribution in [2.24, 2.45) is 5.73 Å². The molecule has 106 valence electrons. The molecule has 20 heavy (non-hydrogen) atoms. The van der Waals surface area contributed by atoms with Gasteiger partial charge in [-0.25, -0.2) is 4.68 Å². The quantitative estimate of drug-likeness (QED) is 0.847. The zero-order valence-electron chi connectivity index (χ0n) is 11.4. The van der Waals surface area contributed by atoms with Crippen molar-refractivity contribution in [3.63, 3.8) is 0 Å². The summed E-state index contributed by atoms with van der Waals surface area (Å²) in [4.78, 5) is 12.2. The zero-order chi connectivity index (χ0) is 14.5. The van der Waals surface area contributed by atoms with E-state index in [-0.39, 0.29) is 12.5 Å². The first-order valence-electron chi connectivity index (χ1n) is 6.19. The van der Waals surface area contributed by atoms with Crippen molar-refractivity contribution >= 4 is 11.6 Å². The number of hydrogen-bond acceptors (Lipinski definition) is 5. The van der Waals surface area contributed by atoms with Crippen LogP contribution in [0.1, 0.15) is 18.7 Å². The number of hydrogen-bond donors (Lipinski definition) is 2. The van der Waals surface area contributed by atoms with E-state index < -0.39 is 6.04 Å². The molecule has 7 nitrogen and oxygen atoms in total. The van der Waals surface area contributed by atoms with Gasteiger partial charge in [0.25, 0.3) is 0 Å². The number of rotatable bonds is 5. The molecule has 0 saturated carbocycles. The molecule has 0 aliphatic heterocycles. The minimum absolute atomic E-state index is 0.185. The first-order chi connectivity index (χ1) is 9.65. The average Bonchev–Trinajstić information content (AvgIpc) is 2.95. The topological polar surface area (TPSA) is 95.1 Å². The van der Waals surface area contributed by atoms with Crippen LogP contribution in [0.5, 0.6) is 5.75 Å². The van der Waals surface area contributed by atoms with Gasteiger partial charge in [-0.1, -0.05) is 5.21 Å². The van der Waals surface area contributed by atoms with Gasteiger partial charge in [-0.3, -0.25) is 4.79 Å². The van der Waals surface area contributed by atoms with E-state index in [0.29, 0.717) is 11.4 Å². The smallest absolute Gasteiger partial charge is 0.249 e. The number of benzene rings is 1. The minimum Gasteiger partial charge on any atom is -0.497 e. The van der Waals surface area contributed by atoms with Gasteiger partial charge >= 0.3 is 0 Å². The Morgan fingerprint density at radius 3 is 2.75 bits per heavy atom. The van der Waals surface area contributed by atoms with Crippen molar-refractivity contribution in [2.75, 3.05) is 12.4 Å². The number of ether oxygens (including phenoxy) is 1. The summed E-state index contributed by atoms with van der Waals surface area (Å²) in [5.41, 5.74) is 6.97. The molecule has 0 fully saturated rings. The highest BCUT2D eigenvalue weighted by molar-refractivity contribution is 5.93. The van der Waals surface area contributed by atoms with Crippen LogP contribution in [0, 0.1) is 0 Å². The number of nitrogens with two attached hydrogens (primary N) is 1. The number of nitrogens with zero attached hydrogens (tertiary/aromatic N) is 3. The molecule has 2 aromatic rings. The highest BCUT2D eigenvalue weighted by atomic mass is 16.5. The van der Waals surface area contributed by atoms with Gasteiger partial charge in [0.05, 0.1) is 19.0 Å². The molecule has 1 aromatic heterocycles. The van der Waals surface area contributed by atoms with E-state index >= 15 is 0 Å². The third kappa shape index (κ3) is 2.94. The van der Waals surface area contributed by atoms with Gasteiger partial charge < -0.3 is 15.8 Å². The Kier molecular flexibility index (Phi) is 4.31. The molecule has 0 radical (unpaired) electrons. The molecule has 7 heteroatoms. The Hall–Kier alpha value is -2.41. The number of carbonyl (C=O) groups is 1. The van der Waals surface area contributed by atoms with E-state index in [4.69, 9.17) is 10.5 Å². The number of carbonyl (C=O) groups excluding carboxylic acids is 1. The molecule has 0 saturated heterocycles. The predicted octanol–water partition coefficient (Wildman–Crippen LogP) is 0.945. The maximum absolute atomic E-state index is 12.2. The zero-order valence-corrected chi connectivity index (χ0v) is 11.4. The second kappa shape index (κ2) is 6.16. The van der Waals surface area contributed by atoms with Crippen LogP contribution in [-0.4, -0.2) is 28.0 Å².